The number of alkyl carbamates (subject to hydrolysis) is 1. The first-order valence-electron chi connectivity index (χ1n) is 20.3. The van der Waals surface area contributed by atoms with Crippen molar-refractivity contribution in [1.29, 1.82) is 0 Å². The topological polar surface area (TPSA) is 143 Å². The van der Waals surface area contributed by atoms with Crippen molar-refractivity contribution in [3.05, 3.63) is 95.6 Å². The van der Waals surface area contributed by atoms with E-state index in [1.807, 2.05) is 82.3 Å². The lowest BCUT2D eigenvalue weighted by atomic mass is 9.39. The van der Waals surface area contributed by atoms with Crippen LogP contribution in [0.15, 0.2) is 78.9 Å². The number of amides is 4. The molecule has 0 aromatic heterocycles. The Labute approximate surface area is 336 Å². The smallest absolute Gasteiger partial charge is 0.407 e. The average molecular weight is 779 g/mol. The molecule has 3 fully saturated rings. The molecule has 2 bridgehead atoms. The zero-order valence-corrected chi connectivity index (χ0v) is 34.3. The quantitative estimate of drug-likeness (QED) is 0.135. The first kappa shape index (κ1) is 41.4. The normalized spacial score (nSPS) is 21.5. The highest BCUT2D eigenvalue weighted by Gasteiger charge is 2.72. The number of methoxy groups -OCH3 is 1. The highest BCUT2D eigenvalue weighted by molar-refractivity contribution is 5.93. The Balaban J connectivity index is 1.05. The molecule has 4 amide bonds. The second-order valence-electron chi connectivity index (χ2n) is 17.1. The van der Waals surface area contributed by atoms with Crippen LogP contribution in [-0.4, -0.2) is 79.1 Å². The van der Waals surface area contributed by atoms with E-state index >= 15 is 0 Å². The predicted molar refractivity (Wildman–Crippen MR) is 218 cm³/mol. The molecule has 3 N–H and O–H groups in total. The fourth-order valence-electron chi connectivity index (χ4n) is 9.38. The first-order chi connectivity index (χ1) is 27.2. The molecule has 4 aliphatic rings. The van der Waals surface area contributed by atoms with Crippen molar-refractivity contribution in [2.24, 2.45) is 23.2 Å². The summed E-state index contributed by atoms with van der Waals surface area (Å²) in [7, 11) is 2.98. The van der Waals surface area contributed by atoms with Crippen LogP contribution < -0.4 is 16.0 Å². The third kappa shape index (κ3) is 8.58. The van der Waals surface area contributed by atoms with Crippen LogP contribution in [0.5, 0.6) is 0 Å². The number of benzene rings is 3. The van der Waals surface area contributed by atoms with E-state index in [0.29, 0.717) is 38.5 Å². The predicted octanol–water partition coefficient (Wildman–Crippen LogP) is 6.39. The van der Waals surface area contributed by atoms with Crippen LogP contribution >= 0.6 is 0 Å². The summed E-state index contributed by atoms with van der Waals surface area (Å²) in [6, 6.07) is 24.1. The molecule has 0 saturated heterocycles. The third-order valence-electron chi connectivity index (χ3n) is 12.6. The summed E-state index contributed by atoms with van der Waals surface area (Å²) in [6.45, 7) is 9.56. The number of hydrogen-bond acceptors (Lipinski definition) is 7. The third-order valence-corrected chi connectivity index (χ3v) is 12.6. The molecule has 3 saturated carbocycles. The van der Waals surface area contributed by atoms with Gasteiger partial charge in [0.05, 0.1) is 18.4 Å². The molecule has 304 valence electrons. The van der Waals surface area contributed by atoms with E-state index in [9.17, 15) is 24.0 Å². The van der Waals surface area contributed by atoms with Crippen LogP contribution in [0.2, 0.25) is 0 Å². The van der Waals surface area contributed by atoms with Crippen molar-refractivity contribution in [2.75, 3.05) is 20.8 Å². The lowest BCUT2D eigenvalue weighted by molar-refractivity contribution is -0.185. The van der Waals surface area contributed by atoms with Crippen molar-refractivity contribution >= 4 is 29.8 Å². The Morgan fingerprint density at radius 1 is 0.825 bits per heavy atom. The minimum atomic E-state index is -0.905. The van der Waals surface area contributed by atoms with Gasteiger partial charge in [0.1, 0.15) is 18.7 Å². The van der Waals surface area contributed by atoms with Gasteiger partial charge in [-0.1, -0.05) is 120 Å². The summed E-state index contributed by atoms with van der Waals surface area (Å²) in [5.41, 5.74) is 4.40. The second-order valence-corrected chi connectivity index (χ2v) is 17.1. The Morgan fingerprint density at radius 3 is 1.96 bits per heavy atom. The number of carbonyl (C=O) groups excluding carboxylic acids is 5. The van der Waals surface area contributed by atoms with Crippen LogP contribution in [-0.2, 0) is 35.1 Å². The van der Waals surface area contributed by atoms with Crippen LogP contribution in [0, 0.1) is 23.2 Å². The van der Waals surface area contributed by atoms with E-state index in [1.54, 1.807) is 14.0 Å². The Hall–Kier alpha value is -5.19. The summed E-state index contributed by atoms with van der Waals surface area (Å²) >= 11 is 0. The highest BCUT2D eigenvalue weighted by atomic mass is 16.5. The molecule has 5 atom stereocenters. The Kier molecular flexibility index (Phi) is 12.4. The number of fused-ring (bicyclic) bond motifs is 3. The fourth-order valence-corrected chi connectivity index (χ4v) is 9.38. The molecule has 11 heteroatoms. The Morgan fingerprint density at radius 2 is 1.40 bits per heavy atom. The molecule has 7 rings (SSSR count). The molecular weight excluding hydrogens is 721 g/mol. The van der Waals surface area contributed by atoms with Crippen molar-refractivity contribution in [2.45, 2.75) is 103 Å². The molecule has 0 unspecified atom stereocenters. The van der Waals surface area contributed by atoms with E-state index < -0.39 is 29.1 Å². The maximum Gasteiger partial charge on any atom is 0.407 e. The van der Waals surface area contributed by atoms with E-state index in [4.69, 9.17) is 9.47 Å². The lowest BCUT2D eigenvalue weighted by Crippen LogP contribution is -2.79. The summed E-state index contributed by atoms with van der Waals surface area (Å²) in [6.07, 6.45) is 2.47. The van der Waals surface area contributed by atoms with Gasteiger partial charge < -0.3 is 30.3 Å². The number of carbonyl (C=O) groups is 5. The van der Waals surface area contributed by atoms with E-state index in [-0.39, 0.29) is 60.0 Å². The first-order valence-corrected chi connectivity index (χ1v) is 20.3. The number of ether oxygens (including phenoxy) is 2. The SMILES string of the molecule is CC[C@H](C)[C@H](NC(=O)OCC1c2ccccc2-c2ccccc21)C(=O)N(C)[C@H](C(=O)NC12CC(C(=O)N[C@@H](Cc3ccccc3)C[C@H](C)C(=O)OC)(C1)C2)C(C)C. The van der Waals surface area contributed by atoms with Crippen molar-refractivity contribution in [3.8, 4) is 11.1 Å². The highest BCUT2D eigenvalue weighted by Crippen LogP contribution is 2.67. The van der Waals surface area contributed by atoms with Gasteiger partial charge in [0, 0.05) is 24.5 Å². The number of nitrogens with zero attached hydrogens (tertiary/aromatic N) is 1. The van der Waals surface area contributed by atoms with E-state index in [0.717, 1.165) is 27.8 Å². The monoisotopic (exact) mass is 778 g/mol. The standard InChI is InChI=1S/C46H58N4O7/c1-8-29(4)38(48-44(55)57-24-37-35-20-14-12-18-33(35)34-19-13-15-21-36(34)37)41(52)50(6)39(28(2)3)40(51)49-46-25-45(26-46,27-46)43(54)47-32(22-30(5)42(53)56-7)23-31-16-10-9-11-17-31/h9-21,28-30,32,37-39H,8,22-27H2,1-7H3,(H,47,54)(H,48,55)(H,49,51)/t29-,30-,32+,38-,39-,45?,46?/m0/s1. The van der Waals surface area contributed by atoms with Gasteiger partial charge in [-0.2, -0.15) is 0 Å². The number of nitrogens with one attached hydrogen (secondary N) is 3. The fraction of sp³-hybridized carbons (Fsp3) is 0.500. The minimum absolute atomic E-state index is 0.0694. The number of hydrogen-bond donors (Lipinski definition) is 3. The molecule has 57 heavy (non-hydrogen) atoms. The number of rotatable bonds is 17. The second kappa shape index (κ2) is 17.1. The van der Waals surface area contributed by atoms with Gasteiger partial charge in [-0.15, -0.1) is 0 Å². The van der Waals surface area contributed by atoms with Crippen molar-refractivity contribution in [1.82, 2.24) is 20.9 Å². The lowest BCUT2D eigenvalue weighted by Gasteiger charge is -2.69. The minimum Gasteiger partial charge on any atom is -0.469 e. The van der Waals surface area contributed by atoms with Crippen LogP contribution in [0.3, 0.4) is 0 Å². The zero-order chi connectivity index (χ0) is 41.1. The molecule has 3 aromatic rings. The van der Waals surface area contributed by atoms with Gasteiger partial charge in [0.15, 0.2) is 0 Å². The molecule has 0 radical (unpaired) electrons. The molecule has 3 aromatic carbocycles. The molecular formula is C46H58N4O7. The largest absolute Gasteiger partial charge is 0.469 e. The molecule has 0 heterocycles. The van der Waals surface area contributed by atoms with Gasteiger partial charge in [-0.3, -0.25) is 19.2 Å². The van der Waals surface area contributed by atoms with Crippen LogP contribution in [0.4, 0.5) is 4.79 Å². The van der Waals surface area contributed by atoms with Crippen LogP contribution in [0.1, 0.15) is 89.3 Å². The maximum atomic E-state index is 14.2. The molecule has 0 aliphatic heterocycles. The molecule has 4 aliphatic carbocycles. The average Bonchev–Trinajstić information content (AvgIpc) is 3.49. The molecule has 0 spiro atoms. The van der Waals surface area contributed by atoms with Gasteiger partial charge in [0.2, 0.25) is 17.7 Å². The number of likely N-dealkylation sites (N-methyl/N-ethyl adjacent to an activating group) is 1. The van der Waals surface area contributed by atoms with E-state index in [2.05, 4.69) is 40.2 Å². The zero-order valence-electron chi connectivity index (χ0n) is 34.3. The van der Waals surface area contributed by atoms with Gasteiger partial charge >= 0.3 is 12.1 Å². The maximum absolute atomic E-state index is 14.2. The van der Waals surface area contributed by atoms with Crippen molar-refractivity contribution < 1.29 is 33.4 Å². The van der Waals surface area contributed by atoms with Crippen molar-refractivity contribution in [3.63, 3.8) is 0 Å². The summed E-state index contributed by atoms with van der Waals surface area (Å²) in [4.78, 5) is 69.0. The van der Waals surface area contributed by atoms with E-state index in [1.165, 1.54) is 12.0 Å². The van der Waals surface area contributed by atoms with Gasteiger partial charge in [-0.25, -0.2) is 4.79 Å². The Bertz CT molecular complexity index is 1900. The summed E-state index contributed by atoms with van der Waals surface area (Å²) in [5.74, 6) is -2.01. The molecule has 11 nitrogen and oxygen atoms in total. The van der Waals surface area contributed by atoms with Gasteiger partial charge in [-0.05, 0) is 71.8 Å². The summed E-state index contributed by atoms with van der Waals surface area (Å²) < 4.78 is 10.8. The van der Waals surface area contributed by atoms with Gasteiger partial charge in [0.25, 0.3) is 0 Å². The van der Waals surface area contributed by atoms with Crippen LogP contribution in [0.25, 0.3) is 11.1 Å². The number of esters is 1. The summed E-state index contributed by atoms with van der Waals surface area (Å²) in [5, 5.41) is 9.28.